The summed E-state index contributed by atoms with van der Waals surface area (Å²) in [5.41, 5.74) is 2.99. The molecular formula is C19H23N5O2S2. The summed E-state index contributed by atoms with van der Waals surface area (Å²) >= 11 is 3.20. The summed E-state index contributed by atoms with van der Waals surface area (Å²) in [5, 5.41) is 8.42. The molecule has 2 aliphatic rings. The molecular weight excluding hydrogens is 394 g/mol. The largest absolute Gasteiger partial charge is 0.377 e. The maximum Gasteiger partial charge on any atom is 0.264 e. The standard InChI is InChI=1S/C19H23N5O2S2/c1-11-16(12(2)22-21-11)13-10-26-8-7-24(13)18(25)15-9-14-17(27-15)20-19(28-14)23-5-3-4-6-23/h9,13H,3-8,10H2,1-2H3,(H,21,22). The number of aromatic nitrogens is 3. The molecule has 5 rings (SSSR count). The third-order valence-electron chi connectivity index (χ3n) is 5.57. The number of aryl methyl sites for hydroxylation is 2. The van der Waals surface area contributed by atoms with Crippen LogP contribution in [0.4, 0.5) is 5.13 Å². The molecule has 2 aliphatic heterocycles. The Morgan fingerprint density at radius 2 is 2.07 bits per heavy atom. The van der Waals surface area contributed by atoms with Gasteiger partial charge in [-0.2, -0.15) is 5.10 Å². The molecule has 0 bridgehead atoms. The Morgan fingerprint density at radius 1 is 1.25 bits per heavy atom. The van der Waals surface area contributed by atoms with Crippen LogP contribution in [0.2, 0.25) is 0 Å². The lowest BCUT2D eigenvalue weighted by Crippen LogP contribution is -2.43. The predicted octanol–water partition coefficient (Wildman–Crippen LogP) is 3.51. The fourth-order valence-corrected chi connectivity index (χ4v) is 6.37. The Labute approximate surface area is 171 Å². The number of hydrogen-bond donors (Lipinski definition) is 1. The van der Waals surface area contributed by atoms with E-state index in [2.05, 4.69) is 15.1 Å². The monoisotopic (exact) mass is 417 g/mol. The molecule has 0 spiro atoms. The molecule has 148 valence electrons. The molecule has 1 atom stereocenters. The molecule has 9 heteroatoms. The van der Waals surface area contributed by atoms with E-state index in [0.717, 1.165) is 49.6 Å². The molecule has 1 unspecified atom stereocenters. The number of morpholine rings is 1. The van der Waals surface area contributed by atoms with Crippen molar-refractivity contribution in [1.82, 2.24) is 20.1 Å². The highest BCUT2D eigenvalue weighted by molar-refractivity contribution is 7.29. The molecule has 28 heavy (non-hydrogen) atoms. The topological polar surface area (TPSA) is 74.3 Å². The molecule has 2 fully saturated rings. The van der Waals surface area contributed by atoms with Crippen molar-refractivity contribution >= 4 is 43.2 Å². The second-order valence-corrected chi connectivity index (χ2v) is 9.45. The SMILES string of the molecule is Cc1n[nH]c(C)c1C1COCCN1C(=O)c1cc2sc(N3CCCC3)nc2s1. The van der Waals surface area contributed by atoms with E-state index in [-0.39, 0.29) is 11.9 Å². The van der Waals surface area contributed by atoms with E-state index in [1.165, 1.54) is 24.2 Å². The lowest BCUT2D eigenvalue weighted by molar-refractivity contribution is -0.00274. The zero-order chi connectivity index (χ0) is 19.3. The minimum Gasteiger partial charge on any atom is -0.377 e. The molecule has 0 aromatic carbocycles. The summed E-state index contributed by atoms with van der Waals surface area (Å²) < 4.78 is 6.81. The van der Waals surface area contributed by atoms with Crippen molar-refractivity contribution in [2.75, 3.05) is 37.7 Å². The fraction of sp³-hybridized carbons (Fsp3) is 0.526. The zero-order valence-electron chi connectivity index (χ0n) is 16.0. The normalized spacial score (nSPS) is 20.4. The van der Waals surface area contributed by atoms with E-state index in [1.807, 2.05) is 24.8 Å². The predicted molar refractivity (Wildman–Crippen MR) is 112 cm³/mol. The molecule has 7 nitrogen and oxygen atoms in total. The van der Waals surface area contributed by atoms with Crippen LogP contribution >= 0.6 is 22.7 Å². The fourth-order valence-electron chi connectivity index (χ4n) is 4.15. The maximum atomic E-state index is 13.4. The first kappa shape index (κ1) is 18.1. The van der Waals surface area contributed by atoms with Gasteiger partial charge in [-0.1, -0.05) is 11.3 Å². The van der Waals surface area contributed by atoms with Gasteiger partial charge in [0.05, 0.1) is 34.5 Å². The van der Waals surface area contributed by atoms with Crippen molar-refractivity contribution in [3.05, 3.63) is 27.9 Å². The van der Waals surface area contributed by atoms with Crippen LogP contribution < -0.4 is 4.90 Å². The number of aromatic amines is 1. The lowest BCUT2D eigenvalue weighted by Gasteiger charge is -2.35. The Kier molecular flexibility index (Phi) is 4.60. The van der Waals surface area contributed by atoms with Crippen LogP contribution in [-0.2, 0) is 4.74 Å². The number of anilines is 1. The second kappa shape index (κ2) is 7.13. The van der Waals surface area contributed by atoms with E-state index >= 15 is 0 Å². The highest BCUT2D eigenvalue weighted by Crippen LogP contribution is 2.37. The first-order valence-corrected chi connectivity index (χ1v) is 11.3. The lowest BCUT2D eigenvalue weighted by atomic mass is 10.0. The molecule has 3 aromatic heterocycles. The Bertz CT molecular complexity index is 966. The van der Waals surface area contributed by atoms with Gasteiger partial charge >= 0.3 is 0 Å². The molecule has 2 saturated heterocycles. The van der Waals surface area contributed by atoms with Crippen LogP contribution in [0.3, 0.4) is 0 Å². The van der Waals surface area contributed by atoms with Crippen molar-refractivity contribution < 1.29 is 9.53 Å². The van der Waals surface area contributed by atoms with E-state index in [0.29, 0.717) is 19.8 Å². The van der Waals surface area contributed by atoms with E-state index < -0.39 is 0 Å². The number of hydrogen-bond acceptors (Lipinski definition) is 7. The highest BCUT2D eigenvalue weighted by Gasteiger charge is 2.33. The Balaban J connectivity index is 1.43. The van der Waals surface area contributed by atoms with E-state index in [1.54, 1.807) is 11.3 Å². The average Bonchev–Trinajstić information content (AvgIpc) is 3.45. The number of carbonyl (C=O) groups is 1. The minimum absolute atomic E-state index is 0.0613. The first-order valence-electron chi connectivity index (χ1n) is 9.67. The van der Waals surface area contributed by atoms with E-state index in [4.69, 9.17) is 9.72 Å². The number of carbonyl (C=O) groups excluding carboxylic acids is 1. The van der Waals surface area contributed by atoms with Gasteiger partial charge in [0.25, 0.3) is 5.91 Å². The second-order valence-electron chi connectivity index (χ2n) is 7.41. The Hall–Kier alpha value is -1.97. The zero-order valence-corrected chi connectivity index (χ0v) is 17.7. The first-order chi connectivity index (χ1) is 13.6. The van der Waals surface area contributed by atoms with Crippen molar-refractivity contribution in [1.29, 1.82) is 0 Å². The van der Waals surface area contributed by atoms with Gasteiger partial charge in [0, 0.05) is 30.9 Å². The van der Waals surface area contributed by atoms with Crippen molar-refractivity contribution in [2.24, 2.45) is 0 Å². The number of H-pyrrole nitrogens is 1. The number of amides is 1. The number of thiophene rings is 1. The number of nitrogens with zero attached hydrogens (tertiary/aromatic N) is 4. The van der Waals surface area contributed by atoms with Gasteiger partial charge in [-0.15, -0.1) is 11.3 Å². The quantitative estimate of drug-likeness (QED) is 0.706. The maximum absolute atomic E-state index is 13.4. The van der Waals surface area contributed by atoms with Gasteiger partial charge in [-0.25, -0.2) is 4.98 Å². The van der Waals surface area contributed by atoms with Crippen LogP contribution in [0.25, 0.3) is 9.53 Å². The van der Waals surface area contributed by atoms with Crippen LogP contribution in [-0.4, -0.2) is 58.8 Å². The van der Waals surface area contributed by atoms with Gasteiger partial charge in [-0.05, 0) is 32.8 Å². The van der Waals surface area contributed by atoms with Gasteiger partial charge < -0.3 is 14.5 Å². The highest BCUT2D eigenvalue weighted by atomic mass is 32.1. The average molecular weight is 418 g/mol. The molecule has 3 aromatic rings. The summed E-state index contributed by atoms with van der Waals surface area (Å²) in [6, 6.07) is 1.91. The molecule has 0 aliphatic carbocycles. The molecule has 5 heterocycles. The van der Waals surface area contributed by atoms with Crippen LogP contribution in [0.5, 0.6) is 0 Å². The van der Waals surface area contributed by atoms with Crippen LogP contribution in [0.1, 0.15) is 45.5 Å². The molecule has 0 radical (unpaired) electrons. The van der Waals surface area contributed by atoms with Crippen LogP contribution in [0.15, 0.2) is 6.07 Å². The van der Waals surface area contributed by atoms with E-state index in [9.17, 15) is 4.79 Å². The van der Waals surface area contributed by atoms with Gasteiger partial charge in [0.15, 0.2) is 5.13 Å². The Morgan fingerprint density at radius 3 is 2.79 bits per heavy atom. The van der Waals surface area contributed by atoms with Crippen molar-refractivity contribution in [3.63, 3.8) is 0 Å². The number of ether oxygens (including phenoxy) is 1. The number of rotatable bonds is 3. The van der Waals surface area contributed by atoms with Gasteiger partial charge in [0.2, 0.25) is 0 Å². The van der Waals surface area contributed by atoms with Crippen LogP contribution in [0, 0.1) is 13.8 Å². The summed E-state index contributed by atoms with van der Waals surface area (Å²) in [6.07, 6.45) is 2.48. The van der Waals surface area contributed by atoms with Crippen molar-refractivity contribution in [3.8, 4) is 0 Å². The third-order valence-corrected chi connectivity index (χ3v) is 7.78. The summed E-state index contributed by atoms with van der Waals surface area (Å²) in [7, 11) is 0. The number of fused-ring (bicyclic) bond motifs is 1. The summed E-state index contributed by atoms with van der Waals surface area (Å²) in [5.74, 6) is 0.0613. The smallest absolute Gasteiger partial charge is 0.264 e. The van der Waals surface area contributed by atoms with Gasteiger partial charge in [-0.3, -0.25) is 9.89 Å². The van der Waals surface area contributed by atoms with Gasteiger partial charge in [0.1, 0.15) is 4.83 Å². The summed E-state index contributed by atoms with van der Waals surface area (Å²) in [4.78, 5) is 24.2. The minimum atomic E-state index is -0.103. The summed E-state index contributed by atoms with van der Waals surface area (Å²) in [6.45, 7) is 7.81. The van der Waals surface area contributed by atoms with Crippen molar-refractivity contribution in [2.45, 2.75) is 32.7 Å². The number of thiazole rings is 1. The third kappa shape index (κ3) is 3.01. The molecule has 1 N–H and O–H groups in total. The number of nitrogens with one attached hydrogen (secondary N) is 1. The molecule has 0 saturated carbocycles. The molecule has 1 amide bonds.